The molecule has 0 aliphatic heterocycles. The van der Waals surface area contributed by atoms with Crippen LogP contribution in [0.5, 0.6) is 5.75 Å². The summed E-state index contributed by atoms with van der Waals surface area (Å²) < 4.78 is 6.27. The van der Waals surface area contributed by atoms with Crippen molar-refractivity contribution in [2.24, 2.45) is 5.92 Å². The lowest BCUT2D eigenvalue weighted by atomic mass is 10.1. The third-order valence-corrected chi connectivity index (χ3v) is 3.56. The van der Waals surface area contributed by atoms with Gasteiger partial charge in [0.25, 0.3) is 0 Å². The average molecular weight is 300 g/mol. The molecule has 0 atom stereocenters. The number of halogens is 1. The zero-order chi connectivity index (χ0) is 12.3. The van der Waals surface area contributed by atoms with E-state index < -0.39 is 4.92 Å². The highest BCUT2D eigenvalue weighted by Gasteiger charge is 2.19. The molecule has 5 heteroatoms. The van der Waals surface area contributed by atoms with Gasteiger partial charge in [0.2, 0.25) is 0 Å². The molecule has 0 amide bonds. The Morgan fingerprint density at radius 1 is 1.41 bits per heavy atom. The third kappa shape index (κ3) is 3.19. The number of hydrogen-bond acceptors (Lipinski definition) is 3. The van der Waals surface area contributed by atoms with Gasteiger partial charge in [-0.15, -0.1) is 0 Å². The number of nitro groups is 1. The van der Waals surface area contributed by atoms with Crippen LogP contribution in [-0.4, -0.2) is 11.5 Å². The monoisotopic (exact) mass is 299 g/mol. The zero-order valence-corrected chi connectivity index (χ0v) is 11.0. The van der Waals surface area contributed by atoms with Crippen molar-refractivity contribution in [2.75, 3.05) is 6.61 Å². The Balaban J connectivity index is 2.06. The van der Waals surface area contributed by atoms with Crippen molar-refractivity contribution >= 4 is 21.6 Å². The van der Waals surface area contributed by atoms with Gasteiger partial charge in [0.1, 0.15) is 0 Å². The first kappa shape index (κ1) is 12.4. The second-order valence-corrected chi connectivity index (χ2v) is 5.25. The fraction of sp³-hybridized carbons (Fsp3) is 0.500. The summed E-state index contributed by atoms with van der Waals surface area (Å²) in [5.41, 5.74) is 0.0253. The Kier molecular flexibility index (Phi) is 3.99. The van der Waals surface area contributed by atoms with Crippen LogP contribution in [0.1, 0.15) is 25.7 Å². The Bertz CT molecular complexity index is 416. The fourth-order valence-corrected chi connectivity index (χ4v) is 2.49. The molecule has 17 heavy (non-hydrogen) atoms. The third-order valence-electron chi connectivity index (χ3n) is 3.07. The van der Waals surface area contributed by atoms with Gasteiger partial charge in [-0.2, -0.15) is 0 Å². The van der Waals surface area contributed by atoms with Crippen molar-refractivity contribution in [3.8, 4) is 5.75 Å². The van der Waals surface area contributed by atoms with Crippen LogP contribution in [0.2, 0.25) is 0 Å². The van der Waals surface area contributed by atoms with E-state index in [1.54, 1.807) is 12.1 Å². The second kappa shape index (κ2) is 5.49. The molecule has 1 aromatic rings. The number of ether oxygens (including phenoxy) is 1. The lowest BCUT2D eigenvalue weighted by molar-refractivity contribution is -0.386. The van der Waals surface area contributed by atoms with Crippen molar-refractivity contribution in [1.82, 2.24) is 0 Å². The molecule has 1 fully saturated rings. The summed E-state index contributed by atoms with van der Waals surface area (Å²) in [7, 11) is 0. The molecule has 0 aromatic heterocycles. The Hall–Kier alpha value is -1.10. The summed E-state index contributed by atoms with van der Waals surface area (Å²) >= 11 is 3.22. The van der Waals surface area contributed by atoms with E-state index in [9.17, 15) is 10.1 Å². The maximum absolute atomic E-state index is 10.9. The van der Waals surface area contributed by atoms with E-state index in [1.165, 1.54) is 31.7 Å². The smallest absolute Gasteiger partial charge is 0.312 e. The first-order valence-corrected chi connectivity index (χ1v) is 6.53. The molecule has 0 N–H and O–H groups in total. The molecule has 1 aliphatic carbocycles. The van der Waals surface area contributed by atoms with Crippen LogP contribution in [0, 0.1) is 16.0 Å². The van der Waals surface area contributed by atoms with Gasteiger partial charge < -0.3 is 4.74 Å². The topological polar surface area (TPSA) is 52.4 Å². The van der Waals surface area contributed by atoms with Crippen LogP contribution < -0.4 is 4.74 Å². The lowest BCUT2D eigenvalue weighted by Gasteiger charge is -2.11. The van der Waals surface area contributed by atoms with Gasteiger partial charge in [-0.3, -0.25) is 10.1 Å². The summed E-state index contributed by atoms with van der Waals surface area (Å²) in [4.78, 5) is 10.5. The van der Waals surface area contributed by atoms with Crippen LogP contribution in [-0.2, 0) is 0 Å². The minimum absolute atomic E-state index is 0.0253. The van der Waals surface area contributed by atoms with E-state index in [1.807, 2.05) is 0 Å². The molecule has 0 spiro atoms. The van der Waals surface area contributed by atoms with Crippen LogP contribution in [0.3, 0.4) is 0 Å². The van der Waals surface area contributed by atoms with Crippen molar-refractivity contribution in [1.29, 1.82) is 0 Å². The SMILES string of the molecule is O=[N+]([O-])c1cc(Br)ccc1OCC1CCCC1. The number of benzene rings is 1. The average Bonchev–Trinajstić information content (AvgIpc) is 2.80. The quantitative estimate of drug-likeness (QED) is 0.625. The molecule has 0 bridgehead atoms. The zero-order valence-electron chi connectivity index (χ0n) is 9.39. The number of nitro benzene ring substituents is 1. The minimum atomic E-state index is -0.408. The van der Waals surface area contributed by atoms with Gasteiger partial charge in [0, 0.05) is 10.5 Å². The maximum atomic E-state index is 10.9. The summed E-state index contributed by atoms with van der Waals surface area (Å²) in [6.07, 6.45) is 4.83. The fourth-order valence-electron chi connectivity index (χ4n) is 2.14. The molecule has 2 rings (SSSR count). The summed E-state index contributed by atoms with van der Waals surface area (Å²) in [5, 5.41) is 10.9. The summed E-state index contributed by atoms with van der Waals surface area (Å²) in [6, 6.07) is 4.89. The van der Waals surface area contributed by atoms with Crippen molar-refractivity contribution in [2.45, 2.75) is 25.7 Å². The molecule has 1 saturated carbocycles. The highest BCUT2D eigenvalue weighted by atomic mass is 79.9. The molecule has 4 nitrogen and oxygen atoms in total. The Morgan fingerprint density at radius 2 is 2.12 bits per heavy atom. The lowest BCUT2D eigenvalue weighted by Crippen LogP contribution is -2.09. The van der Waals surface area contributed by atoms with E-state index in [4.69, 9.17) is 4.74 Å². The Morgan fingerprint density at radius 3 is 2.76 bits per heavy atom. The molecule has 0 heterocycles. The van der Waals surface area contributed by atoms with E-state index in [0.717, 1.165) is 0 Å². The Labute approximate surface area is 108 Å². The molecular formula is C12H14BrNO3. The van der Waals surface area contributed by atoms with Crippen molar-refractivity contribution in [3.05, 3.63) is 32.8 Å². The highest BCUT2D eigenvalue weighted by Crippen LogP contribution is 2.32. The molecule has 1 aromatic carbocycles. The van der Waals surface area contributed by atoms with Crippen LogP contribution in [0.4, 0.5) is 5.69 Å². The predicted molar refractivity (Wildman–Crippen MR) is 68.2 cm³/mol. The largest absolute Gasteiger partial charge is 0.487 e. The van der Waals surface area contributed by atoms with E-state index in [2.05, 4.69) is 15.9 Å². The van der Waals surface area contributed by atoms with Gasteiger partial charge in [-0.05, 0) is 30.9 Å². The first-order chi connectivity index (χ1) is 8.16. The van der Waals surface area contributed by atoms with Crippen LogP contribution in [0.15, 0.2) is 22.7 Å². The summed E-state index contributed by atoms with van der Waals surface area (Å²) in [6.45, 7) is 0.586. The van der Waals surface area contributed by atoms with Gasteiger partial charge in [-0.1, -0.05) is 28.8 Å². The molecule has 0 saturated heterocycles. The van der Waals surface area contributed by atoms with Gasteiger partial charge in [0.15, 0.2) is 5.75 Å². The predicted octanol–water partition coefficient (Wildman–Crippen LogP) is 3.93. The van der Waals surface area contributed by atoms with Crippen molar-refractivity contribution in [3.63, 3.8) is 0 Å². The maximum Gasteiger partial charge on any atom is 0.312 e. The van der Waals surface area contributed by atoms with Crippen molar-refractivity contribution < 1.29 is 9.66 Å². The molecular weight excluding hydrogens is 286 g/mol. The highest BCUT2D eigenvalue weighted by molar-refractivity contribution is 9.10. The summed E-state index contributed by atoms with van der Waals surface area (Å²) in [5.74, 6) is 0.920. The normalized spacial score (nSPS) is 16.1. The van der Waals surface area contributed by atoms with Crippen LogP contribution >= 0.6 is 15.9 Å². The van der Waals surface area contributed by atoms with E-state index in [0.29, 0.717) is 22.7 Å². The minimum Gasteiger partial charge on any atom is -0.487 e. The number of nitrogens with zero attached hydrogens (tertiary/aromatic N) is 1. The van der Waals surface area contributed by atoms with E-state index >= 15 is 0 Å². The van der Waals surface area contributed by atoms with Crippen LogP contribution in [0.25, 0.3) is 0 Å². The number of rotatable bonds is 4. The van der Waals surface area contributed by atoms with Gasteiger partial charge in [-0.25, -0.2) is 0 Å². The molecule has 92 valence electrons. The van der Waals surface area contributed by atoms with Gasteiger partial charge >= 0.3 is 5.69 Å². The second-order valence-electron chi connectivity index (χ2n) is 4.33. The molecule has 1 aliphatic rings. The van der Waals surface area contributed by atoms with E-state index in [-0.39, 0.29) is 5.69 Å². The molecule has 0 radical (unpaired) electrons. The first-order valence-electron chi connectivity index (χ1n) is 5.73. The number of hydrogen-bond donors (Lipinski definition) is 0. The van der Waals surface area contributed by atoms with Gasteiger partial charge in [0.05, 0.1) is 11.5 Å². The molecule has 0 unspecified atom stereocenters. The standard InChI is InChI=1S/C12H14BrNO3/c13-10-5-6-12(11(7-10)14(15)16)17-8-9-3-1-2-4-9/h5-7,9H,1-4,8H2.